The van der Waals surface area contributed by atoms with E-state index in [1.807, 2.05) is 0 Å². The fourth-order valence-electron chi connectivity index (χ4n) is 7.34. The van der Waals surface area contributed by atoms with Crippen LogP contribution in [-0.4, -0.2) is 30.7 Å². The van der Waals surface area contributed by atoms with Crippen molar-refractivity contribution >= 4 is 11.9 Å². The van der Waals surface area contributed by atoms with E-state index in [1.165, 1.54) is 154 Å². The van der Waals surface area contributed by atoms with Gasteiger partial charge in [0, 0.05) is 18.9 Å². The normalized spacial score (nSPS) is 16.3. The van der Waals surface area contributed by atoms with Gasteiger partial charge < -0.3 is 15.2 Å². The highest BCUT2D eigenvalue weighted by Crippen LogP contribution is 2.42. The average Bonchev–Trinajstić information content (AvgIpc) is 3.85. The van der Waals surface area contributed by atoms with Crippen LogP contribution in [0.4, 0.5) is 0 Å². The van der Waals surface area contributed by atoms with Gasteiger partial charge in [0.1, 0.15) is 6.10 Å². The average molecular weight is 692 g/mol. The molecule has 1 fully saturated rings. The van der Waals surface area contributed by atoms with Gasteiger partial charge in [0.05, 0.1) is 6.61 Å². The first-order valence-corrected chi connectivity index (χ1v) is 22.1. The van der Waals surface area contributed by atoms with E-state index < -0.39 is 0 Å². The first kappa shape index (κ1) is 45.9. The fraction of sp³-hybridized carbons (Fsp3) is 0.955. The van der Waals surface area contributed by atoms with Crippen LogP contribution in [0.15, 0.2) is 0 Å². The van der Waals surface area contributed by atoms with Gasteiger partial charge in [-0.2, -0.15) is 0 Å². The molecule has 1 saturated carbocycles. The van der Waals surface area contributed by atoms with Crippen molar-refractivity contribution in [3.05, 3.63) is 0 Å². The second kappa shape index (κ2) is 34.0. The molecular weight excluding hydrogens is 606 g/mol. The van der Waals surface area contributed by atoms with E-state index in [9.17, 15) is 9.59 Å². The Bertz CT molecular complexity index is 726. The number of carbonyl (C=O) groups excluding carboxylic acids is 2. The molecule has 0 aromatic carbocycles. The highest BCUT2D eigenvalue weighted by atomic mass is 16.5. The molecule has 2 N–H and O–H groups in total. The molecule has 3 atom stereocenters. The molecule has 1 aliphatic carbocycles. The second-order valence-electron chi connectivity index (χ2n) is 15.9. The first-order valence-electron chi connectivity index (χ1n) is 22.1. The maximum Gasteiger partial charge on any atom is 0.306 e. The summed E-state index contributed by atoms with van der Waals surface area (Å²) < 4.78 is 11.6. The molecule has 0 radical (unpaired) electrons. The zero-order valence-electron chi connectivity index (χ0n) is 33.3. The van der Waals surface area contributed by atoms with Gasteiger partial charge in [0.25, 0.3) is 0 Å². The Morgan fingerprint density at radius 3 is 1.43 bits per heavy atom. The molecule has 0 heterocycles. The summed E-state index contributed by atoms with van der Waals surface area (Å²) >= 11 is 0. The lowest BCUT2D eigenvalue weighted by Gasteiger charge is -2.18. The summed E-state index contributed by atoms with van der Waals surface area (Å²) in [5, 5.41) is 0. The number of carbonyl (C=O) groups is 2. The predicted molar refractivity (Wildman–Crippen MR) is 210 cm³/mol. The predicted octanol–water partition coefficient (Wildman–Crippen LogP) is 13.3. The highest BCUT2D eigenvalue weighted by Gasteiger charge is 2.37. The van der Waals surface area contributed by atoms with E-state index in [-0.39, 0.29) is 18.0 Å². The minimum atomic E-state index is 0.00447. The third kappa shape index (κ3) is 30.3. The van der Waals surface area contributed by atoms with E-state index >= 15 is 0 Å². The van der Waals surface area contributed by atoms with Gasteiger partial charge in [-0.15, -0.1) is 0 Å². The van der Waals surface area contributed by atoms with Crippen molar-refractivity contribution < 1.29 is 19.1 Å². The van der Waals surface area contributed by atoms with Crippen molar-refractivity contribution in [2.45, 2.75) is 251 Å². The molecule has 0 saturated heterocycles. The lowest BCUT2D eigenvalue weighted by Crippen LogP contribution is -2.19. The van der Waals surface area contributed by atoms with E-state index in [0.29, 0.717) is 31.4 Å². The summed E-state index contributed by atoms with van der Waals surface area (Å²) in [7, 11) is 0. The minimum absolute atomic E-state index is 0.00447. The van der Waals surface area contributed by atoms with Gasteiger partial charge in [-0.1, -0.05) is 168 Å². The van der Waals surface area contributed by atoms with E-state index in [1.54, 1.807) is 0 Å². The zero-order chi connectivity index (χ0) is 35.6. The van der Waals surface area contributed by atoms with Crippen LogP contribution in [0, 0.1) is 11.8 Å². The van der Waals surface area contributed by atoms with Gasteiger partial charge in [-0.3, -0.25) is 9.59 Å². The van der Waals surface area contributed by atoms with Crippen LogP contribution in [0.5, 0.6) is 0 Å². The number of unbranched alkanes of at least 4 members (excludes halogenated alkanes) is 21. The van der Waals surface area contributed by atoms with Crippen molar-refractivity contribution in [1.29, 1.82) is 0 Å². The van der Waals surface area contributed by atoms with Crippen LogP contribution >= 0.6 is 0 Å². The SMILES string of the molecule is CCCCCCCCC(CCCCCCCC)OC(=O)CCCCCCCC(N)CCCCCCCC(=O)OCC1CC1CCCCCC. The van der Waals surface area contributed by atoms with Crippen LogP contribution in [-0.2, 0) is 19.1 Å². The molecule has 0 aromatic rings. The van der Waals surface area contributed by atoms with E-state index in [4.69, 9.17) is 15.2 Å². The Hall–Kier alpha value is -1.10. The van der Waals surface area contributed by atoms with Crippen LogP contribution in [0.2, 0.25) is 0 Å². The van der Waals surface area contributed by atoms with Crippen molar-refractivity contribution in [2.75, 3.05) is 6.61 Å². The summed E-state index contributed by atoms with van der Waals surface area (Å²) in [6.45, 7) is 7.44. The molecule has 0 spiro atoms. The van der Waals surface area contributed by atoms with Gasteiger partial charge in [-0.25, -0.2) is 0 Å². The molecule has 1 aliphatic rings. The standard InChI is InChI=1S/C44H85NO4/c1-4-7-10-13-19-26-33-42(34-27-20-14-11-8-5-2)49-44(47)36-29-22-16-18-25-32-41(45)31-24-17-15-21-28-35-43(46)48-38-40-37-39(40)30-23-12-9-6-3/h39-42H,4-38,45H2,1-3H3. The Kier molecular flexibility index (Phi) is 31.9. The summed E-state index contributed by atoms with van der Waals surface area (Å²) in [4.78, 5) is 24.7. The molecule has 0 aliphatic heterocycles. The number of hydrogen-bond donors (Lipinski definition) is 1. The van der Waals surface area contributed by atoms with E-state index in [2.05, 4.69) is 20.8 Å². The van der Waals surface area contributed by atoms with E-state index in [0.717, 1.165) is 57.3 Å². The number of nitrogens with two attached hydrogens (primary N) is 1. The monoisotopic (exact) mass is 692 g/mol. The molecule has 49 heavy (non-hydrogen) atoms. The third-order valence-corrected chi connectivity index (χ3v) is 10.9. The summed E-state index contributed by atoms with van der Waals surface area (Å²) in [6.07, 6.45) is 40.3. The Balaban J connectivity index is 1.97. The van der Waals surface area contributed by atoms with Crippen LogP contribution in [0.3, 0.4) is 0 Å². The molecule has 5 heteroatoms. The zero-order valence-corrected chi connectivity index (χ0v) is 33.3. The van der Waals surface area contributed by atoms with Crippen LogP contribution in [0.25, 0.3) is 0 Å². The molecule has 5 nitrogen and oxygen atoms in total. The van der Waals surface area contributed by atoms with Crippen molar-refractivity contribution in [3.8, 4) is 0 Å². The number of esters is 2. The third-order valence-electron chi connectivity index (χ3n) is 10.9. The number of rotatable bonds is 38. The van der Waals surface area contributed by atoms with Crippen LogP contribution < -0.4 is 5.73 Å². The maximum atomic E-state index is 12.6. The second-order valence-corrected chi connectivity index (χ2v) is 15.9. The van der Waals surface area contributed by atoms with Gasteiger partial charge in [0.15, 0.2) is 0 Å². The molecule has 1 rings (SSSR count). The van der Waals surface area contributed by atoms with Gasteiger partial charge in [-0.05, 0) is 69.6 Å². The highest BCUT2D eigenvalue weighted by molar-refractivity contribution is 5.69. The topological polar surface area (TPSA) is 78.6 Å². The number of ether oxygens (including phenoxy) is 2. The van der Waals surface area contributed by atoms with Crippen LogP contribution in [0.1, 0.15) is 239 Å². The molecule has 0 amide bonds. The maximum absolute atomic E-state index is 12.6. The molecule has 0 bridgehead atoms. The van der Waals surface area contributed by atoms with Crippen molar-refractivity contribution in [2.24, 2.45) is 17.6 Å². The smallest absolute Gasteiger partial charge is 0.306 e. The summed E-state index contributed by atoms with van der Waals surface area (Å²) in [5.41, 5.74) is 6.40. The summed E-state index contributed by atoms with van der Waals surface area (Å²) in [5.74, 6) is 1.49. The molecular formula is C44H85NO4. The molecule has 0 aromatic heterocycles. The van der Waals surface area contributed by atoms with Gasteiger partial charge in [0.2, 0.25) is 0 Å². The van der Waals surface area contributed by atoms with Crippen molar-refractivity contribution in [1.82, 2.24) is 0 Å². The van der Waals surface area contributed by atoms with Gasteiger partial charge >= 0.3 is 11.9 Å². The summed E-state index contributed by atoms with van der Waals surface area (Å²) in [6, 6.07) is 0.304. The quantitative estimate of drug-likeness (QED) is 0.0515. The Morgan fingerprint density at radius 2 is 0.918 bits per heavy atom. The fourth-order valence-corrected chi connectivity index (χ4v) is 7.34. The minimum Gasteiger partial charge on any atom is -0.465 e. The first-order chi connectivity index (χ1) is 24.0. The lowest BCUT2D eigenvalue weighted by molar-refractivity contribution is -0.150. The number of hydrogen-bond acceptors (Lipinski definition) is 5. The largest absolute Gasteiger partial charge is 0.465 e. The molecule has 3 unspecified atom stereocenters. The Labute approximate surface area is 305 Å². The lowest BCUT2D eigenvalue weighted by atomic mass is 10.0. The Morgan fingerprint density at radius 1 is 0.510 bits per heavy atom. The van der Waals surface area contributed by atoms with Crippen molar-refractivity contribution in [3.63, 3.8) is 0 Å². The molecule has 290 valence electrons.